The molecule has 0 N–H and O–H groups in total. The fourth-order valence-electron chi connectivity index (χ4n) is 2.48. The highest BCUT2D eigenvalue weighted by Crippen LogP contribution is 2.16. The van der Waals surface area contributed by atoms with Crippen molar-refractivity contribution in [3.8, 4) is 0 Å². The van der Waals surface area contributed by atoms with Gasteiger partial charge in [0.05, 0.1) is 12.8 Å². The van der Waals surface area contributed by atoms with Gasteiger partial charge in [0.25, 0.3) is 0 Å². The predicted octanol–water partition coefficient (Wildman–Crippen LogP) is 0.239. The molecule has 1 aromatic heterocycles. The van der Waals surface area contributed by atoms with Crippen molar-refractivity contribution >= 4 is 10.0 Å². The minimum atomic E-state index is -3.09. The molecule has 0 bridgehead atoms. The van der Waals surface area contributed by atoms with Crippen LogP contribution in [0.15, 0.2) is 18.5 Å². The summed E-state index contributed by atoms with van der Waals surface area (Å²) in [4.78, 5) is 2.32. The minimum absolute atomic E-state index is 0.0985. The molecular formula is C12H22N4O2S. The third kappa shape index (κ3) is 4.02. The Labute approximate surface area is 115 Å². The van der Waals surface area contributed by atoms with Crippen LogP contribution in [0.2, 0.25) is 0 Å². The van der Waals surface area contributed by atoms with Crippen molar-refractivity contribution in [2.75, 3.05) is 32.9 Å². The van der Waals surface area contributed by atoms with Gasteiger partial charge in [-0.25, -0.2) is 12.7 Å². The number of piperidine rings is 1. The van der Waals surface area contributed by atoms with E-state index in [4.69, 9.17) is 0 Å². The van der Waals surface area contributed by atoms with Gasteiger partial charge in [0.15, 0.2) is 0 Å². The lowest BCUT2D eigenvalue weighted by Gasteiger charge is -2.36. The summed E-state index contributed by atoms with van der Waals surface area (Å²) in [5.41, 5.74) is 0. The molecule has 0 amide bonds. The van der Waals surface area contributed by atoms with Gasteiger partial charge in [-0.3, -0.25) is 9.58 Å². The van der Waals surface area contributed by atoms with Crippen LogP contribution in [0.5, 0.6) is 0 Å². The first kappa shape index (κ1) is 14.5. The molecule has 108 valence electrons. The molecule has 19 heavy (non-hydrogen) atoms. The van der Waals surface area contributed by atoms with E-state index >= 15 is 0 Å². The lowest BCUT2D eigenvalue weighted by Crippen LogP contribution is -2.48. The minimum Gasteiger partial charge on any atom is -0.300 e. The van der Waals surface area contributed by atoms with E-state index in [9.17, 15) is 8.42 Å². The van der Waals surface area contributed by atoms with Crippen LogP contribution < -0.4 is 0 Å². The van der Waals surface area contributed by atoms with Crippen molar-refractivity contribution in [2.45, 2.75) is 25.4 Å². The Kier molecular flexibility index (Phi) is 4.59. The van der Waals surface area contributed by atoms with Gasteiger partial charge in [0.1, 0.15) is 0 Å². The summed E-state index contributed by atoms with van der Waals surface area (Å²) in [5.74, 6) is 0. The molecule has 1 fully saturated rings. The van der Waals surface area contributed by atoms with Crippen LogP contribution in [0, 0.1) is 0 Å². The van der Waals surface area contributed by atoms with Gasteiger partial charge in [0, 0.05) is 38.6 Å². The zero-order valence-electron chi connectivity index (χ0n) is 11.6. The zero-order chi connectivity index (χ0) is 13.9. The molecule has 0 aliphatic carbocycles. The smallest absolute Gasteiger partial charge is 0.211 e. The number of aromatic nitrogens is 2. The maximum absolute atomic E-state index is 11.6. The fraction of sp³-hybridized carbons (Fsp3) is 0.750. The highest BCUT2D eigenvalue weighted by atomic mass is 32.2. The summed E-state index contributed by atoms with van der Waals surface area (Å²) in [7, 11) is -1.42. The van der Waals surface area contributed by atoms with Gasteiger partial charge in [-0.15, -0.1) is 0 Å². The summed E-state index contributed by atoms with van der Waals surface area (Å²) in [6.45, 7) is 3.61. The molecule has 6 nitrogen and oxygen atoms in total. The van der Waals surface area contributed by atoms with Gasteiger partial charge in [0.2, 0.25) is 10.0 Å². The topological polar surface area (TPSA) is 58.4 Å². The molecule has 2 rings (SSSR count). The highest BCUT2D eigenvalue weighted by molar-refractivity contribution is 7.88. The number of sulfonamides is 1. The van der Waals surface area contributed by atoms with Crippen LogP contribution in [0.25, 0.3) is 0 Å². The standard InChI is InChI=1S/C12H22N4O2S/c1-14(19(2,17)18)12-5-3-7-15(11-12)9-10-16-8-4-6-13-16/h4,6,8,12H,3,5,7,9-11H2,1-2H3. The summed E-state index contributed by atoms with van der Waals surface area (Å²) in [5, 5.41) is 4.18. The second-order valence-corrected chi connectivity index (χ2v) is 7.19. The number of nitrogens with zero attached hydrogens (tertiary/aromatic N) is 4. The normalized spacial score (nSPS) is 21.9. The molecule has 0 radical (unpaired) electrons. The van der Waals surface area contributed by atoms with E-state index in [0.717, 1.165) is 39.0 Å². The Morgan fingerprint density at radius 2 is 2.21 bits per heavy atom. The lowest BCUT2D eigenvalue weighted by molar-refractivity contribution is 0.154. The average molecular weight is 286 g/mol. The average Bonchev–Trinajstić information content (AvgIpc) is 2.88. The lowest BCUT2D eigenvalue weighted by atomic mass is 10.1. The Morgan fingerprint density at radius 3 is 2.84 bits per heavy atom. The molecule has 1 aliphatic heterocycles. The fourth-order valence-corrected chi connectivity index (χ4v) is 3.19. The SMILES string of the molecule is CN(C1CCCN(CCn2cccn2)C1)S(C)(=O)=O. The molecule has 0 aromatic carbocycles. The third-order valence-electron chi connectivity index (χ3n) is 3.72. The second kappa shape index (κ2) is 6.02. The molecule has 1 aromatic rings. The summed E-state index contributed by atoms with van der Waals surface area (Å²) in [6, 6.07) is 2.01. The van der Waals surface area contributed by atoms with Crippen molar-refractivity contribution in [1.29, 1.82) is 0 Å². The number of hydrogen-bond acceptors (Lipinski definition) is 4. The van der Waals surface area contributed by atoms with Crippen molar-refractivity contribution in [1.82, 2.24) is 19.0 Å². The molecule has 1 aliphatic rings. The Bertz CT molecular complexity index is 486. The largest absolute Gasteiger partial charge is 0.300 e. The van der Waals surface area contributed by atoms with Crippen LogP contribution in [0.4, 0.5) is 0 Å². The van der Waals surface area contributed by atoms with E-state index < -0.39 is 10.0 Å². The Morgan fingerprint density at radius 1 is 1.42 bits per heavy atom. The van der Waals surface area contributed by atoms with Gasteiger partial charge in [-0.1, -0.05) is 0 Å². The van der Waals surface area contributed by atoms with Crippen molar-refractivity contribution in [3.05, 3.63) is 18.5 Å². The van der Waals surface area contributed by atoms with Crippen LogP contribution in [0.3, 0.4) is 0 Å². The van der Waals surface area contributed by atoms with Crippen LogP contribution in [-0.2, 0) is 16.6 Å². The molecule has 1 atom stereocenters. The first-order valence-electron chi connectivity index (χ1n) is 6.59. The van der Waals surface area contributed by atoms with Gasteiger partial charge in [-0.2, -0.15) is 5.10 Å². The van der Waals surface area contributed by atoms with E-state index in [1.54, 1.807) is 13.2 Å². The van der Waals surface area contributed by atoms with Crippen LogP contribution in [-0.4, -0.2) is 66.4 Å². The summed E-state index contributed by atoms with van der Waals surface area (Å²) >= 11 is 0. The Balaban J connectivity index is 1.87. The molecule has 2 heterocycles. The molecular weight excluding hydrogens is 264 g/mol. The van der Waals surface area contributed by atoms with Crippen molar-refractivity contribution in [2.24, 2.45) is 0 Å². The Hall–Kier alpha value is -0.920. The first-order valence-corrected chi connectivity index (χ1v) is 8.44. The summed E-state index contributed by atoms with van der Waals surface area (Å²) in [6.07, 6.45) is 6.99. The van der Waals surface area contributed by atoms with E-state index in [1.807, 2.05) is 16.9 Å². The van der Waals surface area contributed by atoms with E-state index in [-0.39, 0.29) is 6.04 Å². The molecule has 1 unspecified atom stereocenters. The first-order chi connectivity index (χ1) is 8.97. The van der Waals surface area contributed by atoms with Gasteiger partial charge < -0.3 is 0 Å². The highest BCUT2D eigenvalue weighted by Gasteiger charge is 2.27. The van der Waals surface area contributed by atoms with Gasteiger partial charge >= 0.3 is 0 Å². The summed E-state index contributed by atoms with van der Waals surface area (Å²) < 4.78 is 26.6. The van der Waals surface area contributed by atoms with Crippen molar-refractivity contribution in [3.63, 3.8) is 0 Å². The monoisotopic (exact) mass is 286 g/mol. The number of hydrogen-bond donors (Lipinski definition) is 0. The van der Waals surface area contributed by atoms with Crippen LogP contribution >= 0.6 is 0 Å². The second-order valence-electron chi connectivity index (χ2n) is 5.14. The molecule has 7 heteroatoms. The van der Waals surface area contributed by atoms with E-state index in [1.165, 1.54) is 10.6 Å². The number of likely N-dealkylation sites (N-methyl/N-ethyl adjacent to an activating group) is 1. The number of likely N-dealkylation sites (tertiary alicyclic amines) is 1. The quantitative estimate of drug-likeness (QED) is 0.778. The molecule has 1 saturated heterocycles. The molecule has 0 spiro atoms. The third-order valence-corrected chi connectivity index (χ3v) is 5.07. The van der Waals surface area contributed by atoms with Crippen LogP contribution in [0.1, 0.15) is 12.8 Å². The molecule has 0 saturated carbocycles. The number of rotatable bonds is 5. The van der Waals surface area contributed by atoms with Gasteiger partial charge in [-0.05, 0) is 25.5 Å². The maximum Gasteiger partial charge on any atom is 0.211 e. The predicted molar refractivity (Wildman–Crippen MR) is 74.3 cm³/mol. The van der Waals surface area contributed by atoms with E-state index in [0.29, 0.717) is 0 Å². The van der Waals surface area contributed by atoms with Crippen molar-refractivity contribution < 1.29 is 8.42 Å². The van der Waals surface area contributed by atoms with E-state index in [2.05, 4.69) is 10.00 Å². The zero-order valence-corrected chi connectivity index (χ0v) is 12.4. The maximum atomic E-state index is 11.6.